The average Bonchev–Trinajstić information content (AvgIpc) is 3.26. The lowest BCUT2D eigenvalue weighted by atomic mass is 10.0. The fourth-order valence-corrected chi connectivity index (χ4v) is 8.75. The second-order valence-corrected chi connectivity index (χ2v) is 21.5. The number of likely N-dealkylation sites (N-methyl/N-ethyl adjacent to an activating group) is 1. The molecule has 0 saturated carbocycles. The minimum Gasteiger partial charge on any atom is -0.756 e. The maximum Gasteiger partial charge on any atom is 0.268 e. The molecule has 0 fully saturated rings. The Labute approximate surface area is 402 Å². The molecule has 65 heavy (non-hydrogen) atoms. The number of amides is 1. The number of allylic oxidation sites excluding steroid dienone is 6. The van der Waals surface area contributed by atoms with Crippen LogP contribution in [0.1, 0.15) is 251 Å². The van der Waals surface area contributed by atoms with Crippen molar-refractivity contribution in [3.8, 4) is 0 Å². The molecular weight excluding hydrogens is 832 g/mol. The molecule has 0 rings (SSSR count). The van der Waals surface area contributed by atoms with Crippen molar-refractivity contribution in [1.82, 2.24) is 5.32 Å². The fourth-order valence-electron chi connectivity index (χ4n) is 8.03. The van der Waals surface area contributed by atoms with E-state index in [1.807, 2.05) is 21.1 Å². The standard InChI is InChI=1S/C55H107N2O7P/c1-6-8-10-12-14-16-18-20-21-22-23-24-25-26-27-28-29-30-31-32-33-34-35-36-38-40-42-44-46-48-54(59)56-52(51-64-65(61,62)63-50-49-57(3,4)5)55(60)53(58)47-45-43-41-39-37-19-17-15-13-11-9-7-2/h15,17,22-23,39,41,52-53,55,58,60H,6-14,16,18-21,24-38,40,42-51H2,1-5H3,(H-,56,59,61,62)/b17-15+,23-22-,41-39+. The topological polar surface area (TPSA) is 128 Å². The minimum absolute atomic E-state index is 0.0479. The van der Waals surface area contributed by atoms with Crippen molar-refractivity contribution in [3.63, 3.8) is 0 Å². The van der Waals surface area contributed by atoms with E-state index in [1.165, 1.54) is 167 Å². The summed E-state index contributed by atoms with van der Waals surface area (Å²) in [6, 6.07) is -1.09. The summed E-state index contributed by atoms with van der Waals surface area (Å²) in [5.41, 5.74) is 0. The molecule has 0 aliphatic rings. The predicted octanol–water partition coefficient (Wildman–Crippen LogP) is 14.5. The van der Waals surface area contributed by atoms with Gasteiger partial charge in [0, 0.05) is 6.42 Å². The number of quaternary nitrogens is 1. The molecule has 0 aromatic carbocycles. The molecule has 0 radical (unpaired) electrons. The van der Waals surface area contributed by atoms with Crippen LogP contribution in [0.2, 0.25) is 0 Å². The lowest BCUT2D eigenvalue weighted by molar-refractivity contribution is -0.870. The predicted molar refractivity (Wildman–Crippen MR) is 276 cm³/mol. The Kier molecular flexibility index (Phi) is 45.5. The molecule has 0 saturated heterocycles. The van der Waals surface area contributed by atoms with Gasteiger partial charge in [0.1, 0.15) is 19.3 Å². The number of carbonyl (C=O) groups is 1. The van der Waals surface area contributed by atoms with Gasteiger partial charge >= 0.3 is 0 Å². The number of phosphoric ester groups is 1. The van der Waals surface area contributed by atoms with Gasteiger partial charge in [0.25, 0.3) is 7.82 Å². The number of nitrogens with zero attached hydrogens (tertiary/aromatic N) is 1. The van der Waals surface area contributed by atoms with Gasteiger partial charge in [0.15, 0.2) is 0 Å². The highest BCUT2D eigenvalue weighted by Gasteiger charge is 2.29. The molecular formula is C55H107N2O7P. The van der Waals surface area contributed by atoms with Gasteiger partial charge in [-0.25, -0.2) is 0 Å². The van der Waals surface area contributed by atoms with Gasteiger partial charge in [-0.2, -0.15) is 0 Å². The van der Waals surface area contributed by atoms with E-state index >= 15 is 0 Å². The summed E-state index contributed by atoms with van der Waals surface area (Å²) in [5, 5.41) is 24.7. The third-order valence-electron chi connectivity index (χ3n) is 12.4. The Hall–Kier alpha value is -1.32. The Bertz CT molecular complexity index is 1170. The number of nitrogens with one attached hydrogen (secondary N) is 1. The molecule has 1 amide bonds. The molecule has 0 aliphatic heterocycles. The van der Waals surface area contributed by atoms with Crippen LogP contribution in [-0.4, -0.2) is 79.8 Å². The number of hydrogen-bond donors (Lipinski definition) is 3. The lowest BCUT2D eigenvalue weighted by Crippen LogP contribution is -2.51. The van der Waals surface area contributed by atoms with Crippen molar-refractivity contribution in [3.05, 3.63) is 36.5 Å². The molecule has 4 atom stereocenters. The monoisotopic (exact) mass is 939 g/mol. The van der Waals surface area contributed by atoms with E-state index in [0.29, 0.717) is 30.3 Å². The van der Waals surface area contributed by atoms with E-state index in [2.05, 4.69) is 55.6 Å². The van der Waals surface area contributed by atoms with Gasteiger partial charge in [-0.15, -0.1) is 0 Å². The van der Waals surface area contributed by atoms with Crippen molar-refractivity contribution < 1.29 is 38.0 Å². The zero-order valence-corrected chi connectivity index (χ0v) is 44.2. The third kappa shape index (κ3) is 47.5. The largest absolute Gasteiger partial charge is 0.756 e. The van der Waals surface area contributed by atoms with Gasteiger partial charge in [0.05, 0.1) is 39.9 Å². The number of phosphoric acid groups is 1. The van der Waals surface area contributed by atoms with Crippen molar-refractivity contribution in [2.24, 2.45) is 0 Å². The molecule has 0 aromatic heterocycles. The van der Waals surface area contributed by atoms with Crippen molar-refractivity contribution in [1.29, 1.82) is 0 Å². The minimum atomic E-state index is -4.68. The summed E-state index contributed by atoms with van der Waals surface area (Å²) in [4.78, 5) is 25.5. The van der Waals surface area contributed by atoms with Crippen LogP contribution < -0.4 is 10.2 Å². The van der Waals surface area contributed by atoms with Crippen molar-refractivity contribution in [2.75, 3.05) is 40.9 Å². The Morgan fingerprint density at radius 2 is 0.892 bits per heavy atom. The number of unbranched alkanes of at least 4 members (excludes halogenated alkanes) is 30. The van der Waals surface area contributed by atoms with Crippen LogP contribution in [0.5, 0.6) is 0 Å². The second-order valence-electron chi connectivity index (χ2n) is 20.1. The van der Waals surface area contributed by atoms with Gasteiger partial charge < -0.3 is 34.0 Å². The molecule has 0 aliphatic carbocycles. The average molecular weight is 939 g/mol. The molecule has 0 bridgehead atoms. The molecule has 0 heterocycles. The van der Waals surface area contributed by atoms with Crippen LogP contribution in [0.25, 0.3) is 0 Å². The summed E-state index contributed by atoms with van der Waals surface area (Å²) >= 11 is 0. The first-order valence-corrected chi connectivity index (χ1v) is 28.9. The molecule has 0 spiro atoms. The van der Waals surface area contributed by atoms with Crippen molar-refractivity contribution in [2.45, 2.75) is 270 Å². The second kappa shape index (κ2) is 46.4. The van der Waals surface area contributed by atoms with Crippen LogP contribution in [0.15, 0.2) is 36.5 Å². The number of rotatable bonds is 50. The first-order valence-electron chi connectivity index (χ1n) is 27.4. The first-order chi connectivity index (χ1) is 31.4. The maximum atomic E-state index is 13.0. The summed E-state index contributed by atoms with van der Waals surface area (Å²) < 4.78 is 23.2. The fraction of sp³-hybridized carbons (Fsp3) is 0.873. The van der Waals surface area contributed by atoms with Crippen LogP contribution in [0.4, 0.5) is 0 Å². The molecule has 9 nitrogen and oxygen atoms in total. The number of aliphatic hydroxyl groups excluding tert-OH is 2. The molecule has 10 heteroatoms. The number of aliphatic hydroxyl groups is 2. The Morgan fingerprint density at radius 3 is 1.32 bits per heavy atom. The molecule has 3 N–H and O–H groups in total. The van der Waals surface area contributed by atoms with Crippen LogP contribution >= 0.6 is 7.82 Å². The van der Waals surface area contributed by atoms with Crippen LogP contribution in [0, 0.1) is 0 Å². The molecule has 0 aromatic rings. The highest BCUT2D eigenvalue weighted by Crippen LogP contribution is 2.38. The SMILES string of the molecule is CCCCC/C=C/CC/C=C/CCCC(O)C(O)C(COP(=O)([O-])OCC[N+](C)(C)C)NC(=O)CCCCCCCCCCCCCCCCCCC/C=C\CCCCCCCCCC. The summed E-state index contributed by atoms with van der Waals surface area (Å²) in [5.74, 6) is -0.290. The van der Waals surface area contributed by atoms with Crippen molar-refractivity contribution >= 4 is 13.7 Å². The first kappa shape index (κ1) is 63.7. The highest BCUT2D eigenvalue weighted by atomic mass is 31.2. The highest BCUT2D eigenvalue weighted by molar-refractivity contribution is 7.45. The van der Waals surface area contributed by atoms with Crippen LogP contribution in [0.3, 0.4) is 0 Å². The number of hydrogen-bond acceptors (Lipinski definition) is 7. The zero-order chi connectivity index (χ0) is 48.0. The van der Waals surface area contributed by atoms with E-state index in [-0.39, 0.29) is 18.9 Å². The molecule has 4 unspecified atom stereocenters. The Morgan fingerprint density at radius 1 is 0.538 bits per heavy atom. The Balaban J connectivity index is 4.16. The van der Waals surface area contributed by atoms with E-state index < -0.39 is 32.7 Å². The van der Waals surface area contributed by atoms with Gasteiger partial charge in [-0.3, -0.25) is 9.36 Å². The van der Waals surface area contributed by atoms with Gasteiger partial charge in [0.2, 0.25) is 5.91 Å². The quantitative estimate of drug-likeness (QED) is 0.0240. The summed E-state index contributed by atoms with van der Waals surface area (Å²) in [7, 11) is 1.10. The van der Waals surface area contributed by atoms with E-state index in [4.69, 9.17) is 9.05 Å². The number of carbonyl (C=O) groups excluding carboxylic acids is 1. The smallest absolute Gasteiger partial charge is 0.268 e. The zero-order valence-electron chi connectivity index (χ0n) is 43.3. The van der Waals surface area contributed by atoms with Crippen LogP contribution in [-0.2, 0) is 18.4 Å². The normalized spacial score (nSPS) is 14.8. The maximum absolute atomic E-state index is 13.0. The third-order valence-corrected chi connectivity index (χ3v) is 13.4. The molecule has 384 valence electrons. The summed E-state index contributed by atoms with van der Waals surface area (Å²) in [6.07, 6.45) is 55.0. The van der Waals surface area contributed by atoms with E-state index in [0.717, 1.165) is 44.9 Å². The summed E-state index contributed by atoms with van der Waals surface area (Å²) in [6.45, 7) is 4.39. The van der Waals surface area contributed by atoms with E-state index in [1.54, 1.807) is 0 Å². The lowest BCUT2D eigenvalue weighted by Gasteiger charge is -2.31. The van der Waals surface area contributed by atoms with E-state index in [9.17, 15) is 24.5 Å². The van der Waals surface area contributed by atoms with Gasteiger partial charge in [-0.05, 0) is 77.0 Å². The van der Waals surface area contributed by atoms with Gasteiger partial charge in [-0.1, -0.05) is 204 Å².